The first-order chi connectivity index (χ1) is 12.1. The zero-order valence-corrected chi connectivity index (χ0v) is 16.6. The monoisotopic (exact) mass is 362 g/mol. The molecule has 0 spiro atoms. The van der Waals surface area contributed by atoms with Crippen molar-refractivity contribution >= 4 is 12.0 Å². The maximum atomic E-state index is 12.4. The van der Waals surface area contributed by atoms with Crippen molar-refractivity contribution in [3.05, 3.63) is 29.8 Å². The summed E-state index contributed by atoms with van der Waals surface area (Å²) in [6, 6.07) is 7.58. The zero-order valence-electron chi connectivity index (χ0n) is 16.6. The van der Waals surface area contributed by atoms with Crippen LogP contribution in [0.4, 0.5) is 4.79 Å². The Balaban J connectivity index is 2.21. The normalized spacial score (nSPS) is 21.0. The number of carbonyl (C=O) groups excluding carboxylic acids is 2. The van der Waals surface area contributed by atoms with E-state index in [2.05, 4.69) is 0 Å². The molecule has 2 rings (SSSR count). The van der Waals surface area contributed by atoms with Gasteiger partial charge in [0.25, 0.3) is 0 Å². The topological polar surface area (TPSA) is 59.1 Å². The van der Waals surface area contributed by atoms with E-state index in [0.717, 1.165) is 5.56 Å². The molecule has 6 nitrogen and oxygen atoms in total. The standard InChI is InChI=1S/C20H30N2O4/c1-14-12-21(5)18(23)11-15-9-7-8-10-16(15)25-17(14)13-22(6)19(24)26-20(2,3)4/h7-10,14,17H,11-13H2,1-6H3/t14-,17-/m0/s1. The van der Waals surface area contributed by atoms with E-state index in [1.807, 2.05) is 52.0 Å². The number of nitrogens with zero attached hydrogens (tertiary/aromatic N) is 2. The number of carbonyl (C=O) groups is 2. The Hall–Kier alpha value is -2.24. The summed E-state index contributed by atoms with van der Waals surface area (Å²) in [6.45, 7) is 8.51. The number of rotatable bonds is 2. The minimum Gasteiger partial charge on any atom is -0.488 e. The first kappa shape index (κ1) is 20.1. The van der Waals surface area contributed by atoms with Gasteiger partial charge in [0, 0.05) is 32.1 Å². The summed E-state index contributed by atoms with van der Waals surface area (Å²) in [4.78, 5) is 28.0. The maximum Gasteiger partial charge on any atom is 0.410 e. The van der Waals surface area contributed by atoms with E-state index in [9.17, 15) is 9.59 Å². The Morgan fingerprint density at radius 2 is 2.00 bits per heavy atom. The number of fused-ring (bicyclic) bond motifs is 1. The van der Waals surface area contributed by atoms with Crippen LogP contribution in [0.5, 0.6) is 5.75 Å². The molecule has 0 radical (unpaired) electrons. The second-order valence-electron chi connectivity index (χ2n) is 8.05. The molecule has 1 aliphatic rings. The molecule has 0 fully saturated rings. The van der Waals surface area contributed by atoms with Crippen LogP contribution >= 0.6 is 0 Å². The summed E-state index contributed by atoms with van der Waals surface area (Å²) in [5.41, 5.74) is 0.318. The van der Waals surface area contributed by atoms with Gasteiger partial charge >= 0.3 is 6.09 Å². The molecule has 1 aromatic carbocycles. The van der Waals surface area contributed by atoms with Crippen molar-refractivity contribution in [1.29, 1.82) is 0 Å². The number of hydrogen-bond donors (Lipinski definition) is 0. The van der Waals surface area contributed by atoms with Gasteiger partial charge in [0.15, 0.2) is 0 Å². The van der Waals surface area contributed by atoms with Crippen molar-refractivity contribution in [2.75, 3.05) is 27.2 Å². The van der Waals surface area contributed by atoms with Gasteiger partial charge in [-0.15, -0.1) is 0 Å². The summed E-state index contributed by atoms with van der Waals surface area (Å²) in [5, 5.41) is 0. The molecule has 1 aromatic rings. The Kier molecular flexibility index (Phi) is 6.16. The Morgan fingerprint density at radius 1 is 1.35 bits per heavy atom. The first-order valence-electron chi connectivity index (χ1n) is 8.99. The highest BCUT2D eigenvalue weighted by Gasteiger charge is 2.29. The molecule has 6 heteroatoms. The smallest absolute Gasteiger partial charge is 0.410 e. The van der Waals surface area contributed by atoms with Crippen LogP contribution in [0.3, 0.4) is 0 Å². The molecule has 0 unspecified atom stereocenters. The summed E-state index contributed by atoms with van der Waals surface area (Å²) in [5.74, 6) is 0.819. The van der Waals surface area contributed by atoms with E-state index in [1.54, 1.807) is 19.0 Å². The fourth-order valence-corrected chi connectivity index (χ4v) is 2.89. The molecular weight excluding hydrogens is 332 g/mol. The predicted octanol–water partition coefficient (Wildman–Crippen LogP) is 2.95. The van der Waals surface area contributed by atoms with Crippen molar-refractivity contribution in [3.63, 3.8) is 0 Å². The lowest BCUT2D eigenvalue weighted by atomic mass is 10.0. The Morgan fingerprint density at radius 3 is 2.65 bits per heavy atom. The van der Waals surface area contributed by atoms with Crippen molar-refractivity contribution in [2.24, 2.45) is 5.92 Å². The van der Waals surface area contributed by atoms with Gasteiger partial charge in [0.2, 0.25) is 5.91 Å². The Bertz CT molecular complexity index is 653. The highest BCUT2D eigenvalue weighted by molar-refractivity contribution is 5.79. The number of hydrogen-bond acceptors (Lipinski definition) is 4. The van der Waals surface area contributed by atoms with Crippen molar-refractivity contribution in [1.82, 2.24) is 9.80 Å². The molecule has 0 saturated carbocycles. The Labute approximate surface area is 156 Å². The number of amides is 2. The van der Waals surface area contributed by atoms with Crippen molar-refractivity contribution in [3.8, 4) is 5.75 Å². The van der Waals surface area contributed by atoms with Gasteiger partial charge in [0.1, 0.15) is 17.5 Å². The molecule has 0 N–H and O–H groups in total. The molecular formula is C20H30N2O4. The number of likely N-dealkylation sites (N-methyl/N-ethyl adjacent to an activating group) is 2. The summed E-state index contributed by atoms with van der Waals surface area (Å²) >= 11 is 0. The number of ether oxygens (including phenoxy) is 2. The van der Waals surface area contributed by atoms with Gasteiger partial charge in [-0.2, -0.15) is 0 Å². The predicted molar refractivity (Wildman–Crippen MR) is 100 cm³/mol. The molecule has 1 heterocycles. The second kappa shape index (κ2) is 7.98. The maximum absolute atomic E-state index is 12.4. The summed E-state index contributed by atoms with van der Waals surface area (Å²) in [6.07, 6.45) is -0.318. The summed E-state index contributed by atoms with van der Waals surface area (Å²) < 4.78 is 11.7. The minimum atomic E-state index is -0.546. The van der Waals surface area contributed by atoms with Gasteiger partial charge < -0.3 is 19.3 Å². The van der Waals surface area contributed by atoms with Crippen LogP contribution in [0.15, 0.2) is 24.3 Å². The van der Waals surface area contributed by atoms with Crippen LogP contribution < -0.4 is 4.74 Å². The van der Waals surface area contributed by atoms with Crippen LogP contribution in [0.2, 0.25) is 0 Å². The second-order valence-corrected chi connectivity index (χ2v) is 8.05. The van der Waals surface area contributed by atoms with Crippen LogP contribution in [0, 0.1) is 5.92 Å². The highest BCUT2D eigenvalue weighted by atomic mass is 16.6. The quantitative estimate of drug-likeness (QED) is 0.812. The number of para-hydroxylation sites is 1. The SMILES string of the molecule is C[C@H]1CN(C)C(=O)Cc2ccccc2O[C@H]1CN(C)C(=O)OC(C)(C)C. The highest BCUT2D eigenvalue weighted by Crippen LogP contribution is 2.25. The lowest BCUT2D eigenvalue weighted by Crippen LogP contribution is -2.45. The fraction of sp³-hybridized carbons (Fsp3) is 0.600. The van der Waals surface area contributed by atoms with E-state index < -0.39 is 5.60 Å². The van der Waals surface area contributed by atoms with E-state index >= 15 is 0 Å². The van der Waals surface area contributed by atoms with Gasteiger partial charge in [-0.1, -0.05) is 25.1 Å². The lowest BCUT2D eigenvalue weighted by Gasteiger charge is -2.31. The third kappa shape index (κ3) is 5.38. The molecule has 2 amide bonds. The molecule has 0 bridgehead atoms. The van der Waals surface area contributed by atoms with Gasteiger partial charge in [-0.3, -0.25) is 4.79 Å². The molecule has 1 aliphatic heterocycles. The van der Waals surface area contributed by atoms with E-state index in [-0.39, 0.29) is 24.0 Å². The molecule has 0 aliphatic carbocycles. The summed E-state index contributed by atoms with van der Waals surface area (Å²) in [7, 11) is 3.51. The van der Waals surface area contributed by atoms with Gasteiger partial charge in [-0.05, 0) is 26.8 Å². The van der Waals surface area contributed by atoms with E-state index in [4.69, 9.17) is 9.47 Å². The average Bonchev–Trinajstić information content (AvgIpc) is 2.56. The third-order valence-electron chi connectivity index (χ3n) is 4.37. The molecule has 26 heavy (non-hydrogen) atoms. The van der Waals surface area contributed by atoms with Crippen LogP contribution in [-0.2, 0) is 16.0 Å². The molecule has 144 valence electrons. The van der Waals surface area contributed by atoms with Crippen LogP contribution in [0.1, 0.15) is 33.3 Å². The fourth-order valence-electron chi connectivity index (χ4n) is 2.89. The number of benzene rings is 1. The van der Waals surface area contributed by atoms with E-state index in [1.165, 1.54) is 4.90 Å². The molecule has 0 aromatic heterocycles. The molecule has 2 atom stereocenters. The zero-order chi connectivity index (χ0) is 19.5. The minimum absolute atomic E-state index is 0.0555. The van der Waals surface area contributed by atoms with Gasteiger partial charge in [-0.25, -0.2) is 4.79 Å². The van der Waals surface area contributed by atoms with Crippen LogP contribution in [0.25, 0.3) is 0 Å². The van der Waals surface area contributed by atoms with Gasteiger partial charge in [0.05, 0.1) is 13.0 Å². The van der Waals surface area contributed by atoms with Crippen molar-refractivity contribution < 1.29 is 19.1 Å². The lowest BCUT2D eigenvalue weighted by molar-refractivity contribution is -0.129. The van der Waals surface area contributed by atoms with E-state index in [0.29, 0.717) is 25.3 Å². The largest absolute Gasteiger partial charge is 0.488 e. The molecule has 0 saturated heterocycles. The average molecular weight is 362 g/mol. The van der Waals surface area contributed by atoms with Crippen molar-refractivity contribution in [2.45, 2.75) is 45.8 Å². The van der Waals surface area contributed by atoms with Crippen LogP contribution in [-0.4, -0.2) is 60.7 Å². The third-order valence-corrected chi connectivity index (χ3v) is 4.37. The first-order valence-corrected chi connectivity index (χ1v) is 8.99.